The third kappa shape index (κ3) is 5.04. The molecule has 78 valence electrons. The predicted octanol–water partition coefficient (Wildman–Crippen LogP) is 2.47. The normalized spacial score (nSPS) is 8.80. The molecule has 4 nitrogen and oxygen atoms in total. The number of aromatic nitrogens is 3. The molecule has 0 saturated heterocycles. The number of hydrogen-bond donors (Lipinski definition) is 3. The van der Waals surface area contributed by atoms with E-state index >= 15 is 0 Å². The largest absolute Gasteiger partial charge is 0.399 e. The van der Waals surface area contributed by atoms with Crippen LogP contribution < -0.4 is 5.73 Å². The summed E-state index contributed by atoms with van der Waals surface area (Å²) in [6.07, 6.45) is 1.46. The van der Waals surface area contributed by atoms with Crippen molar-refractivity contribution >= 4 is 30.1 Å². The Morgan fingerprint density at radius 2 is 1.80 bits per heavy atom. The van der Waals surface area contributed by atoms with Crippen molar-refractivity contribution < 1.29 is 0 Å². The van der Waals surface area contributed by atoms with Gasteiger partial charge in [0.15, 0.2) is 9.54 Å². The van der Waals surface area contributed by atoms with Gasteiger partial charge in [-0.2, -0.15) is 0 Å². The molecule has 0 spiro atoms. The summed E-state index contributed by atoms with van der Waals surface area (Å²) in [7, 11) is 0. The van der Waals surface area contributed by atoms with Crippen LogP contribution in [0.2, 0.25) is 0 Å². The maximum absolute atomic E-state index is 5.36. The van der Waals surface area contributed by atoms with Gasteiger partial charge in [-0.15, -0.1) is 0 Å². The molecule has 0 fully saturated rings. The second-order valence-corrected chi connectivity index (χ2v) is 3.37. The minimum atomic E-state index is 0.411. The number of nitrogen functional groups attached to an aromatic ring is 1. The zero-order valence-corrected chi connectivity index (χ0v) is 9.44. The molecule has 0 radical (unpaired) electrons. The molecular weight excluding hydrogens is 228 g/mol. The smallest absolute Gasteiger partial charge is 0.200 e. The van der Waals surface area contributed by atoms with Crippen LogP contribution in [-0.2, 0) is 0 Å². The lowest BCUT2D eigenvalue weighted by Crippen LogP contribution is -1.82. The van der Waals surface area contributed by atoms with Crippen LogP contribution in [-0.4, -0.2) is 15.0 Å². The van der Waals surface area contributed by atoms with Gasteiger partial charge in [-0.25, -0.2) is 4.98 Å². The van der Waals surface area contributed by atoms with E-state index < -0.39 is 0 Å². The van der Waals surface area contributed by atoms with Gasteiger partial charge in [-0.1, -0.05) is 18.2 Å². The number of benzene rings is 1. The molecule has 1 heterocycles. The molecule has 0 aliphatic carbocycles. The molecule has 0 atom stereocenters. The van der Waals surface area contributed by atoms with Crippen LogP contribution in [0.5, 0.6) is 0 Å². The first-order valence-electron chi connectivity index (χ1n) is 4.13. The number of nitrogens with two attached hydrogens (primary N) is 1. The third-order valence-electron chi connectivity index (χ3n) is 1.40. The Labute approximate surface area is 97.2 Å². The standard InChI is InChI=1S/C6H7N.C3H3N3S2/c7-6-4-2-1-3-5-6;7-2-4-1-5-3(8)6-2/h1-5H,7H2;1H,(H2,4,5,6,7,8). The molecule has 0 bridgehead atoms. The number of nitrogens with zero attached hydrogens (tertiary/aromatic N) is 1. The summed E-state index contributed by atoms with van der Waals surface area (Å²) in [5, 5.41) is 0. The fourth-order valence-corrected chi connectivity index (χ4v) is 1.14. The monoisotopic (exact) mass is 238 g/mol. The van der Waals surface area contributed by atoms with Crippen molar-refractivity contribution in [3.8, 4) is 0 Å². The molecule has 2 aromatic rings. The van der Waals surface area contributed by atoms with Gasteiger partial charge >= 0.3 is 0 Å². The van der Waals surface area contributed by atoms with E-state index in [1.165, 1.54) is 6.33 Å². The lowest BCUT2D eigenvalue weighted by Gasteiger charge is -1.83. The Kier molecular flexibility index (Phi) is 4.65. The van der Waals surface area contributed by atoms with Crippen LogP contribution in [0.4, 0.5) is 5.69 Å². The maximum atomic E-state index is 5.36. The van der Waals surface area contributed by atoms with Gasteiger partial charge in [0, 0.05) is 5.69 Å². The molecular formula is C9H10N4S2. The topological polar surface area (TPSA) is 70.5 Å². The fraction of sp³-hybridized carbons (Fsp3) is 0. The SMILES string of the molecule is Nc1ccccc1.S=c1nc[nH]c(=S)[nH]1. The number of anilines is 1. The van der Waals surface area contributed by atoms with Crippen LogP contribution in [0.3, 0.4) is 0 Å². The van der Waals surface area contributed by atoms with Gasteiger partial charge in [0.2, 0.25) is 0 Å². The van der Waals surface area contributed by atoms with E-state index in [4.69, 9.17) is 5.73 Å². The Bertz CT molecular complexity index is 478. The molecule has 2 rings (SSSR count). The van der Waals surface area contributed by atoms with E-state index in [2.05, 4.69) is 39.4 Å². The van der Waals surface area contributed by atoms with Crippen molar-refractivity contribution in [2.75, 3.05) is 5.73 Å². The van der Waals surface area contributed by atoms with E-state index in [9.17, 15) is 0 Å². The van der Waals surface area contributed by atoms with Gasteiger partial charge in [-0.05, 0) is 36.6 Å². The second kappa shape index (κ2) is 6.05. The number of H-pyrrole nitrogens is 2. The third-order valence-corrected chi connectivity index (χ3v) is 1.82. The van der Waals surface area contributed by atoms with Crippen molar-refractivity contribution in [2.45, 2.75) is 0 Å². The van der Waals surface area contributed by atoms with Crippen LogP contribution in [0, 0.1) is 9.54 Å². The summed E-state index contributed by atoms with van der Waals surface area (Å²) in [6.45, 7) is 0. The summed E-state index contributed by atoms with van der Waals surface area (Å²) in [6, 6.07) is 9.49. The second-order valence-electron chi connectivity index (χ2n) is 2.57. The molecule has 0 amide bonds. The molecule has 0 aliphatic heterocycles. The fourth-order valence-electron chi connectivity index (χ4n) is 0.768. The molecule has 1 aromatic heterocycles. The summed E-state index contributed by atoms with van der Waals surface area (Å²) < 4.78 is 0.916. The Morgan fingerprint density at radius 1 is 1.13 bits per heavy atom. The average Bonchev–Trinajstić information content (AvgIpc) is 2.19. The molecule has 1 aromatic carbocycles. The lowest BCUT2D eigenvalue weighted by molar-refractivity contribution is 1.00. The van der Waals surface area contributed by atoms with Crippen molar-refractivity contribution in [3.63, 3.8) is 0 Å². The number of nitrogens with one attached hydrogen (secondary N) is 2. The van der Waals surface area contributed by atoms with Crippen LogP contribution in [0.15, 0.2) is 36.7 Å². The van der Waals surface area contributed by atoms with E-state index in [1.807, 2.05) is 30.3 Å². The molecule has 4 N–H and O–H groups in total. The lowest BCUT2D eigenvalue weighted by atomic mass is 10.3. The summed E-state index contributed by atoms with van der Waals surface area (Å²) in [4.78, 5) is 8.96. The van der Waals surface area contributed by atoms with E-state index in [1.54, 1.807) is 0 Å². The number of hydrogen-bond acceptors (Lipinski definition) is 4. The van der Waals surface area contributed by atoms with Crippen molar-refractivity contribution in [2.24, 2.45) is 0 Å². The maximum Gasteiger partial charge on any atom is 0.200 e. The van der Waals surface area contributed by atoms with Crippen LogP contribution >= 0.6 is 24.4 Å². The molecule has 0 unspecified atom stereocenters. The summed E-state index contributed by atoms with van der Waals surface area (Å²) in [5.41, 5.74) is 6.18. The highest BCUT2D eigenvalue weighted by molar-refractivity contribution is 7.71. The highest BCUT2D eigenvalue weighted by atomic mass is 32.1. The molecule has 15 heavy (non-hydrogen) atoms. The molecule has 0 aliphatic rings. The molecule has 6 heteroatoms. The minimum Gasteiger partial charge on any atom is -0.399 e. The average molecular weight is 238 g/mol. The molecule has 0 saturated carbocycles. The van der Waals surface area contributed by atoms with Crippen molar-refractivity contribution in [1.82, 2.24) is 15.0 Å². The summed E-state index contributed by atoms with van der Waals surface area (Å²) >= 11 is 9.33. The first-order valence-corrected chi connectivity index (χ1v) is 4.94. The number of aromatic amines is 2. The van der Waals surface area contributed by atoms with Gasteiger partial charge < -0.3 is 15.7 Å². The highest BCUT2D eigenvalue weighted by Crippen LogP contribution is 1.95. The highest BCUT2D eigenvalue weighted by Gasteiger charge is 1.72. The van der Waals surface area contributed by atoms with Gasteiger partial charge in [0.05, 0.1) is 6.33 Å². The first-order chi connectivity index (χ1) is 7.18. The van der Waals surface area contributed by atoms with E-state index in [0.29, 0.717) is 9.54 Å². The van der Waals surface area contributed by atoms with Crippen molar-refractivity contribution in [3.05, 3.63) is 46.2 Å². The van der Waals surface area contributed by atoms with Gasteiger partial charge in [0.1, 0.15) is 0 Å². The van der Waals surface area contributed by atoms with Gasteiger partial charge in [0.25, 0.3) is 0 Å². The summed E-state index contributed by atoms with van der Waals surface area (Å²) in [5.74, 6) is 0. The number of rotatable bonds is 0. The van der Waals surface area contributed by atoms with E-state index in [-0.39, 0.29) is 0 Å². The van der Waals surface area contributed by atoms with E-state index in [0.717, 1.165) is 5.69 Å². The quantitative estimate of drug-likeness (QED) is 0.487. The van der Waals surface area contributed by atoms with Crippen molar-refractivity contribution in [1.29, 1.82) is 0 Å². The number of para-hydroxylation sites is 1. The predicted molar refractivity (Wildman–Crippen MR) is 65.5 cm³/mol. The van der Waals surface area contributed by atoms with Crippen LogP contribution in [0.25, 0.3) is 0 Å². The first kappa shape index (κ1) is 11.5. The Balaban J connectivity index is 0.000000151. The Hall–Kier alpha value is -1.53. The zero-order chi connectivity index (χ0) is 11.1. The Morgan fingerprint density at radius 3 is 2.13 bits per heavy atom. The zero-order valence-electron chi connectivity index (χ0n) is 7.81. The van der Waals surface area contributed by atoms with Crippen LogP contribution in [0.1, 0.15) is 0 Å². The minimum absolute atomic E-state index is 0.411. The van der Waals surface area contributed by atoms with Gasteiger partial charge in [-0.3, -0.25) is 0 Å².